The van der Waals surface area contributed by atoms with Gasteiger partial charge in [-0.3, -0.25) is 9.20 Å². The number of nitrogens with zero attached hydrogens (tertiary/aromatic N) is 3. The van der Waals surface area contributed by atoms with E-state index in [1.807, 2.05) is 32.0 Å². The summed E-state index contributed by atoms with van der Waals surface area (Å²) in [5.41, 5.74) is 4.99. The molecule has 0 fully saturated rings. The normalized spacial score (nSPS) is 11.2. The molecule has 3 aromatic rings. The lowest BCUT2D eigenvalue weighted by atomic mass is 10.2. The van der Waals surface area contributed by atoms with Crippen molar-refractivity contribution in [1.82, 2.24) is 14.8 Å². The number of halogens is 1. The van der Waals surface area contributed by atoms with Crippen LogP contribution in [0.2, 0.25) is 5.02 Å². The minimum absolute atomic E-state index is 0.350. The van der Waals surface area contributed by atoms with E-state index in [2.05, 4.69) is 15.5 Å². The van der Waals surface area contributed by atoms with Gasteiger partial charge in [-0.05, 0) is 50.1 Å². The largest absolute Gasteiger partial charge is 0.490 e. The highest BCUT2D eigenvalue weighted by molar-refractivity contribution is 6.32. The second-order valence-corrected chi connectivity index (χ2v) is 6.69. The Morgan fingerprint density at radius 2 is 2.14 bits per heavy atom. The summed E-state index contributed by atoms with van der Waals surface area (Å²) in [5.74, 6) is 0.702. The number of imidazole rings is 1. The van der Waals surface area contributed by atoms with E-state index in [0.717, 1.165) is 6.42 Å². The van der Waals surface area contributed by atoms with Crippen LogP contribution >= 0.6 is 11.6 Å². The summed E-state index contributed by atoms with van der Waals surface area (Å²) in [6.45, 7) is 6.71. The number of hydrogen-bond acceptors (Lipinski definition) is 5. The third-order valence-corrected chi connectivity index (χ3v) is 4.36. The first-order chi connectivity index (χ1) is 14.0. The monoisotopic (exact) mass is 414 g/mol. The summed E-state index contributed by atoms with van der Waals surface area (Å²) in [6, 6.07) is 9.04. The molecule has 152 valence electrons. The molecule has 0 atom stereocenters. The maximum absolute atomic E-state index is 12.6. The number of aromatic nitrogens is 2. The summed E-state index contributed by atoms with van der Waals surface area (Å²) in [6.07, 6.45) is 4.16. The van der Waals surface area contributed by atoms with Gasteiger partial charge >= 0.3 is 0 Å². The smallest absolute Gasteiger partial charge is 0.290 e. The molecule has 0 aliphatic rings. The van der Waals surface area contributed by atoms with E-state index in [9.17, 15) is 4.79 Å². The van der Waals surface area contributed by atoms with E-state index < -0.39 is 0 Å². The molecule has 29 heavy (non-hydrogen) atoms. The number of rotatable bonds is 8. The van der Waals surface area contributed by atoms with Gasteiger partial charge in [-0.15, -0.1) is 0 Å². The predicted octanol–water partition coefficient (Wildman–Crippen LogP) is 4.25. The lowest BCUT2D eigenvalue weighted by Crippen LogP contribution is -2.20. The Morgan fingerprint density at radius 3 is 2.90 bits per heavy atom. The Kier molecular flexibility index (Phi) is 6.72. The van der Waals surface area contributed by atoms with Crippen molar-refractivity contribution in [2.24, 2.45) is 5.10 Å². The molecule has 7 nitrogen and oxygen atoms in total. The van der Waals surface area contributed by atoms with E-state index in [0.29, 0.717) is 52.3 Å². The van der Waals surface area contributed by atoms with Crippen LogP contribution in [0.1, 0.15) is 42.0 Å². The predicted molar refractivity (Wildman–Crippen MR) is 113 cm³/mol. The molecular formula is C21H23ClN4O3. The van der Waals surface area contributed by atoms with Crippen LogP contribution in [0.15, 0.2) is 41.6 Å². The Balaban J connectivity index is 1.79. The maximum atomic E-state index is 12.6. The standard InChI is InChI=1S/C21H23ClN4O3/c1-4-10-29-20-16(22)11-15(12-17(20)28-5-2)13-23-25-21(27)19-14(3)24-18-8-6-7-9-26(18)19/h6-9,11-13H,4-5,10H2,1-3H3,(H,25,27)/b23-13+. The maximum Gasteiger partial charge on any atom is 0.290 e. The Bertz CT molecular complexity index is 1050. The molecule has 2 heterocycles. The Hall–Kier alpha value is -3.06. The molecule has 3 rings (SSSR count). The van der Waals surface area contributed by atoms with Crippen LogP contribution in [0.5, 0.6) is 11.5 Å². The average molecular weight is 415 g/mol. The molecule has 0 bridgehead atoms. The number of nitrogens with one attached hydrogen (secondary N) is 1. The third-order valence-electron chi connectivity index (χ3n) is 4.08. The molecule has 0 saturated carbocycles. The molecule has 0 saturated heterocycles. The SMILES string of the molecule is CCCOc1c(Cl)cc(/C=N/NC(=O)c2c(C)nc3ccccn23)cc1OCC. The van der Waals surface area contributed by atoms with E-state index in [4.69, 9.17) is 21.1 Å². The van der Waals surface area contributed by atoms with Crippen molar-refractivity contribution in [1.29, 1.82) is 0 Å². The van der Waals surface area contributed by atoms with E-state index >= 15 is 0 Å². The molecule has 1 aromatic carbocycles. The van der Waals surface area contributed by atoms with Crippen LogP contribution in [-0.2, 0) is 0 Å². The molecule has 0 unspecified atom stereocenters. The van der Waals surface area contributed by atoms with Crippen molar-refractivity contribution in [3.8, 4) is 11.5 Å². The van der Waals surface area contributed by atoms with Gasteiger partial charge in [0.25, 0.3) is 5.91 Å². The first-order valence-corrected chi connectivity index (χ1v) is 9.79. The number of ether oxygens (including phenoxy) is 2. The van der Waals surface area contributed by atoms with E-state index in [-0.39, 0.29) is 5.91 Å². The minimum Gasteiger partial charge on any atom is -0.490 e. The summed E-state index contributed by atoms with van der Waals surface area (Å²) in [4.78, 5) is 17.0. The fraction of sp³-hybridized carbons (Fsp3) is 0.286. The second-order valence-electron chi connectivity index (χ2n) is 6.29. The summed E-state index contributed by atoms with van der Waals surface area (Å²) in [5, 5.41) is 4.48. The van der Waals surface area contributed by atoms with E-state index in [1.54, 1.807) is 29.7 Å². The van der Waals surface area contributed by atoms with Gasteiger partial charge in [0.15, 0.2) is 11.5 Å². The van der Waals surface area contributed by atoms with Crippen molar-refractivity contribution in [3.05, 3.63) is 58.5 Å². The quantitative estimate of drug-likeness (QED) is 0.441. The first-order valence-electron chi connectivity index (χ1n) is 9.41. The van der Waals surface area contributed by atoms with Crippen molar-refractivity contribution in [3.63, 3.8) is 0 Å². The van der Waals surface area contributed by atoms with Crippen molar-refractivity contribution in [2.75, 3.05) is 13.2 Å². The molecular weight excluding hydrogens is 392 g/mol. The van der Waals surface area contributed by atoms with Gasteiger partial charge in [0.05, 0.1) is 30.1 Å². The summed E-state index contributed by atoms with van der Waals surface area (Å²) < 4.78 is 13.1. The topological polar surface area (TPSA) is 77.2 Å². The summed E-state index contributed by atoms with van der Waals surface area (Å²) in [7, 11) is 0. The zero-order valence-corrected chi connectivity index (χ0v) is 17.4. The fourth-order valence-electron chi connectivity index (χ4n) is 2.88. The van der Waals surface area contributed by atoms with Crippen LogP contribution in [-0.4, -0.2) is 34.7 Å². The number of carbonyl (C=O) groups excluding carboxylic acids is 1. The molecule has 1 amide bonds. The summed E-state index contributed by atoms with van der Waals surface area (Å²) >= 11 is 6.35. The van der Waals surface area contributed by atoms with Gasteiger partial charge < -0.3 is 9.47 Å². The molecule has 2 aromatic heterocycles. The third kappa shape index (κ3) is 4.68. The Morgan fingerprint density at radius 1 is 1.31 bits per heavy atom. The molecule has 0 spiro atoms. The number of aryl methyl sites for hydroxylation is 1. The molecule has 0 aliphatic heterocycles. The zero-order valence-electron chi connectivity index (χ0n) is 16.6. The lowest BCUT2D eigenvalue weighted by molar-refractivity contribution is 0.0948. The van der Waals surface area contributed by atoms with E-state index in [1.165, 1.54) is 6.21 Å². The van der Waals surface area contributed by atoms with Gasteiger partial charge in [-0.25, -0.2) is 10.4 Å². The van der Waals surface area contributed by atoms with Gasteiger partial charge in [0.1, 0.15) is 11.3 Å². The molecule has 0 radical (unpaired) electrons. The number of carbonyl (C=O) groups is 1. The Labute approximate surface area is 174 Å². The second kappa shape index (κ2) is 9.43. The highest BCUT2D eigenvalue weighted by Gasteiger charge is 2.16. The average Bonchev–Trinajstić information content (AvgIpc) is 3.03. The van der Waals surface area contributed by atoms with Crippen LogP contribution in [0.3, 0.4) is 0 Å². The number of hydrogen-bond donors (Lipinski definition) is 1. The highest BCUT2D eigenvalue weighted by Crippen LogP contribution is 2.36. The van der Waals surface area contributed by atoms with Crippen LogP contribution in [0, 0.1) is 6.92 Å². The zero-order chi connectivity index (χ0) is 20.8. The number of amides is 1. The first kappa shape index (κ1) is 20.7. The van der Waals surface area contributed by atoms with Gasteiger partial charge in [-0.2, -0.15) is 5.10 Å². The van der Waals surface area contributed by atoms with Crippen LogP contribution < -0.4 is 14.9 Å². The molecule has 0 aliphatic carbocycles. The number of fused-ring (bicyclic) bond motifs is 1. The van der Waals surface area contributed by atoms with Crippen molar-refractivity contribution >= 4 is 29.4 Å². The number of hydrazone groups is 1. The van der Waals surface area contributed by atoms with Crippen molar-refractivity contribution in [2.45, 2.75) is 27.2 Å². The minimum atomic E-state index is -0.350. The van der Waals surface area contributed by atoms with Gasteiger partial charge in [0, 0.05) is 6.20 Å². The number of benzene rings is 1. The van der Waals surface area contributed by atoms with Gasteiger partial charge in [0.2, 0.25) is 0 Å². The van der Waals surface area contributed by atoms with Gasteiger partial charge in [-0.1, -0.05) is 24.6 Å². The fourth-order valence-corrected chi connectivity index (χ4v) is 3.15. The number of pyridine rings is 1. The molecule has 1 N–H and O–H groups in total. The highest BCUT2D eigenvalue weighted by atomic mass is 35.5. The molecule has 8 heteroatoms. The van der Waals surface area contributed by atoms with Crippen molar-refractivity contribution < 1.29 is 14.3 Å². The lowest BCUT2D eigenvalue weighted by Gasteiger charge is -2.13. The van der Waals surface area contributed by atoms with Crippen LogP contribution in [0.4, 0.5) is 0 Å². The van der Waals surface area contributed by atoms with Crippen LogP contribution in [0.25, 0.3) is 5.65 Å².